The zero-order valence-electron chi connectivity index (χ0n) is 21.1. The number of pyridine rings is 1. The second-order valence-corrected chi connectivity index (χ2v) is 10.7. The van der Waals surface area contributed by atoms with E-state index in [1.807, 2.05) is 30.3 Å². The number of piperidine rings is 3. The molecule has 6 rings (SSSR count). The van der Waals surface area contributed by atoms with Crippen LogP contribution in [0, 0.1) is 11.8 Å². The molecule has 2 unspecified atom stereocenters. The van der Waals surface area contributed by atoms with Crippen LogP contribution in [-0.2, 0) is 12.4 Å². The van der Waals surface area contributed by atoms with Crippen molar-refractivity contribution in [2.24, 2.45) is 11.8 Å². The zero-order chi connectivity index (χ0) is 27.9. The molecule has 3 fully saturated rings. The van der Waals surface area contributed by atoms with Crippen LogP contribution in [-0.4, -0.2) is 34.1 Å². The van der Waals surface area contributed by atoms with Crippen LogP contribution < -0.4 is 10.6 Å². The van der Waals surface area contributed by atoms with E-state index in [2.05, 4.69) is 27.4 Å². The molecule has 1 aromatic heterocycles. The molecule has 4 nitrogen and oxygen atoms in total. The number of nitrogens with zero attached hydrogens (tertiary/aromatic N) is 2. The molecule has 2 bridgehead atoms. The van der Waals surface area contributed by atoms with Crippen LogP contribution in [0.25, 0.3) is 10.9 Å². The molecule has 0 saturated carbocycles. The molecule has 4 heterocycles. The molecule has 3 aliphatic heterocycles. The Balaban J connectivity index is 1.48. The zero-order valence-corrected chi connectivity index (χ0v) is 21.9. The number of hydrogen-bond donors (Lipinski definition) is 2. The van der Waals surface area contributed by atoms with Gasteiger partial charge >= 0.3 is 12.4 Å². The number of aromatic nitrogens is 1. The van der Waals surface area contributed by atoms with Gasteiger partial charge in [-0.15, -0.1) is 0 Å². The molecule has 0 radical (unpaired) electrons. The van der Waals surface area contributed by atoms with Gasteiger partial charge in [-0.2, -0.15) is 26.3 Å². The number of rotatable bonds is 5. The van der Waals surface area contributed by atoms with Crippen LogP contribution in [0.15, 0.2) is 54.7 Å². The first-order valence-electron chi connectivity index (χ1n) is 12.9. The summed E-state index contributed by atoms with van der Waals surface area (Å²) in [5.41, 5.74) is -1.48. The normalized spacial score (nSPS) is 24.0. The minimum Gasteiger partial charge on any atom is -0.354 e. The number of para-hydroxylation sites is 1. The number of anilines is 1. The molecule has 0 aliphatic carbocycles. The highest BCUT2D eigenvalue weighted by Crippen LogP contribution is 2.43. The van der Waals surface area contributed by atoms with Gasteiger partial charge in [0.15, 0.2) is 5.11 Å². The minimum atomic E-state index is -4.95. The van der Waals surface area contributed by atoms with Gasteiger partial charge < -0.3 is 10.6 Å². The van der Waals surface area contributed by atoms with Gasteiger partial charge in [0.2, 0.25) is 0 Å². The first kappa shape index (κ1) is 27.6. The van der Waals surface area contributed by atoms with Gasteiger partial charge in [0.1, 0.15) is 0 Å². The standard InChI is InChI=1S/C28H28F6N4S/c1-2-16-15-38-10-8-17(16)11-24(38)25(22-7-9-35-23-6-4-3-5-21(22)23)37-26(39)36-20-13-18(27(29,30)31)12-19(14-20)28(32,33)34/h3-7,9,12-14,16-17,24-25H,2,8,10-11,15H2,1H3,(H2,36,37,39)/t16-,17?,24-,25-/m0/s1. The van der Waals surface area contributed by atoms with Crippen molar-refractivity contribution in [1.29, 1.82) is 0 Å². The number of nitrogens with one attached hydrogen (secondary N) is 2. The first-order valence-corrected chi connectivity index (χ1v) is 13.3. The van der Waals surface area contributed by atoms with E-state index in [0.29, 0.717) is 24.0 Å². The van der Waals surface area contributed by atoms with E-state index >= 15 is 0 Å². The summed E-state index contributed by atoms with van der Waals surface area (Å²) in [5, 5.41) is 6.73. The Hall–Kier alpha value is -2.92. The van der Waals surface area contributed by atoms with E-state index in [1.165, 1.54) is 0 Å². The lowest BCUT2D eigenvalue weighted by atomic mass is 9.72. The van der Waals surface area contributed by atoms with Gasteiger partial charge in [0.05, 0.1) is 22.7 Å². The number of alkyl halides is 6. The third-order valence-electron chi connectivity index (χ3n) is 8.00. The van der Waals surface area contributed by atoms with E-state index in [9.17, 15) is 26.3 Å². The molecule has 2 aromatic carbocycles. The SMILES string of the molecule is CC[C@H]1CN2CCC1C[C@H]2[C@@H](NC(=S)Nc1cc(C(F)(F)F)cc(C(F)(F)F)c1)c1ccnc2ccccc12. The molecule has 0 amide bonds. The fourth-order valence-corrected chi connectivity index (χ4v) is 6.34. The molecule has 39 heavy (non-hydrogen) atoms. The number of halogens is 6. The van der Waals surface area contributed by atoms with E-state index in [0.717, 1.165) is 48.8 Å². The van der Waals surface area contributed by atoms with Crippen molar-refractivity contribution in [3.63, 3.8) is 0 Å². The second-order valence-electron chi connectivity index (χ2n) is 10.3. The monoisotopic (exact) mass is 566 g/mol. The van der Waals surface area contributed by atoms with E-state index in [-0.39, 0.29) is 28.9 Å². The lowest BCUT2D eigenvalue weighted by Crippen LogP contribution is -2.58. The second kappa shape index (κ2) is 10.6. The molecular formula is C28H28F6N4S. The van der Waals surface area contributed by atoms with Crippen LogP contribution in [0.2, 0.25) is 0 Å². The maximum Gasteiger partial charge on any atom is 0.416 e. The van der Waals surface area contributed by atoms with Gasteiger partial charge in [0.25, 0.3) is 0 Å². The maximum atomic E-state index is 13.4. The quantitative estimate of drug-likeness (QED) is 0.249. The summed E-state index contributed by atoms with van der Waals surface area (Å²) in [5.74, 6) is 1.14. The topological polar surface area (TPSA) is 40.2 Å². The Bertz CT molecular complexity index is 1320. The molecule has 208 valence electrons. The number of fused-ring (bicyclic) bond motifs is 4. The average Bonchev–Trinajstić information content (AvgIpc) is 2.90. The molecule has 3 aromatic rings. The molecule has 3 aliphatic rings. The van der Waals surface area contributed by atoms with Crippen molar-refractivity contribution in [1.82, 2.24) is 15.2 Å². The Labute approximate surface area is 227 Å². The van der Waals surface area contributed by atoms with E-state index < -0.39 is 23.5 Å². The van der Waals surface area contributed by atoms with E-state index in [4.69, 9.17) is 12.2 Å². The van der Waals surface area contributed by atoms with Crippen molar-refractivity contribution in [2.75, 3.05) is 18.4 Å². The summed E-state index contributed by atoms with van der Waals surface area (Å²) in [6, 6.07) is 10.6. The highest BCUT2D eigenvalue weighted by molar-refractivity contribution is 7.80. The average molecular weight is 567 g/mol. The highest BCUT2D eigenvalue weighted by Gasteiger charge is 2.43. The Morgan fingerprint density at radius 1 is 1.05 bits per heavy atom. The van der Waals surface area contributed by atoms with Crippen molar-refractivity contribution < 1.29 is 26.3 Å². The summed E-state index contributed by atoms with van der Waals surface area (Å²) in [4.78, 5) is 6.88. The predicted octanol–water partition coefficient (Wildman–Crippen LogP) is 7.42. The van der Waals surface area contributed by atoms with Crippen molar-refractivity contribution in [3.8, 4) is 0 Å². The predicted molar refractivity (Wildman–Crippen MR) is 142 cm³/mol. The summed E-state index contributed by atoms with van der Waals surface area (Å²) in [6.45, 7) is 4.06. The van der Waals surface area contributed by atoms with Crippen LogP contribution in [0.1, 0.15) is 48.9 Å². The highest BCUT2D eigenvalue weighted by atomic mass is 32.1. The van der Waals surface area contributed by atoms with Crippen molar-refractivity contribution >= 4 is 33.9 Å². The van der Waals surface area contributed by atoms with Gasteiger partial charge in [0, 0.05) is 29.9 Å². The van der Waals surface area contributed by atoms with Gasteiger partial charge in [-0.3, -0.25) is 9.88 Å². The maximum absolute atomic E-state index is 13.4. The summed E-state index contributed by atoms with van der Waals surface area (Å²) in [7, 11) is 0. The minimum absolute atomic E-state index is 0.0457. The molecule has 0 spiro atoms. The number of thiocarbonyl (C=S) groups is 1. The lowest BCUT2D eigenvalue weighted by Gasteiger charge is -2.52. The third kappa shape index (κ3) is 5.84. The van der Waals surface area contributed by atoms with Gasteiger partial charge in [-0.05, 0) is 79.3 Å². The lowest BCUT2D eigenvalue weighted by molar-refractivity contribution is -0.143. The molecular weight excluding hydrogens is 538 g/mol. The number of hydrogen-bond acceptors (Lipinski definition) is 3. The summed E-state index contributed by atoms with van der Waals surface area (Å²) >= 11 is 5.49. The Morgan fingerprint density at radius 2 is 1.74 bits per heavy atom. The number of benzene rings is 2. The molecule has 5 atom stereocenters. The van der Waals surface area contributed by atoms with Gasteiger partial charge in [-0.1, -0.05) is 31.5 Å². The van der Waals surface area contributed by atoms with Crippen LogP contribution in [0.4, 0.5) is 32.0 Å². The van der Waals surface area contributed by atoms with Crippen LogP contribution in [0.3, 0.4) is 0 Å². The summed E-state index contributed by atoms with van der Waals surface area (Å²) in [6.07, 6.45) is -5.09. The van der Waals surface area contributed by atoms with E-state index in [1.54, 1.807) is 6.20 Å². The fourth-order valence-electron chi connectivity index (χ4n) is 6.09. The Morgan fingerprint density at radius 3 is 2.36 bits per heavy atom. The van der Waals surface area contributed by atoms with Crippen LogP contribution >= 0.6 is 12.2 Å². The molecule has 3 saturated heterocycles. The first-order chi connectivity index (χ1) is 18.4. The fraction of sp³-hybridized carbons (Fsp3) is 0.429. The molecule has 2 N–H and O–H groups in total. The third-order valence-corrected chi connectivity index (χ3v) is 8.22. The van der Waals surface area contributed by atoms with Crippen LogP contribution in [0.5, 0.6) is 0 Å². The smallest absolute Gasteiger partial charge is 0.354 e. The van der Waals surface area contributed by atoms with Crippen molar-refractivity contribution in [3.05, 3.63) is 71.4 Å². The largest absolute Gasteiger partial charge is 0.416 e. The molecule has 11 heteroatoms. The van der Waals surface area contributed by atoms with Gasteiger partial charge in [-0.25, -0.2) is 0 Å². The summed E-state index contributed by atoms with van der Waals surface area (Å²) < 4.78 is 80.3. The Kier molecular flexibility index (Phi) is 7.49. The van der Waals surface area contributed by atoms with Crippen molar-refractivity contribution in [2.45, 2.75) is 50.6 Å².